The highest BCUT2D eigenvalue weighted by molar-refractivity contribution is 6.35. The Morgan fingerprint density at radius 2 is 1.56 bits per heavy atom. The largest absolute Gasteiger partial charge is 0.506 e. The lowest BCUT2D eigenvalue weighted by Crippen LogP contribution is -2.10. The maximum absolute atomic E-state index is 12.8. The number of aromatic nitrogens is 1. The molecule has 0 aliphatic rings. The van der Waals surface area contributed by atoms with Gasteiger partial charge in [-0.15, -0.1) is 0 Å². The van der Waals surface area contributed by atoms with Crippen LogP contribution in [0.1, 0.15) is 0 Å². The Hall–Kier alpha value is -3.24. The van der Waals surface area contributed by atoms with E-state index in [-0.39, 0.29) is 16.9 Å². The molecule has 4 nitrogen and oxygen atoms in total. The van der Waals surface area contributed by atoms with Gasteiger partial charge in [0.25, 0.3) is 5.56 Å². The van der Waals surface area contributed by atoms with Crippen LogP contribution < -0.4 is 10.3 Å². The summed E-state index contributed by atoms with van der Waals surface area (Å²) in [6.07, 6.45) is 0. The van der Waals surface area contributed by atoms with Crippen LogP contribution in [-0.2, 0) is 0 Å². The van der Waals surface area contributed by atoms with Crippen LogP contribution in [0.15, 0.2) is 71.5 Å². The van der Waals surface area contributed by atoms with Crippen molar-refractivity contribution in [3.05, 3.63) is 82.1 Å². The first kappa shape index (κ1) is 17.2. The predicted molar refractivity (Wildman–Crippen MR) is 109 cm³/mol. The Morgan fingerprint density at radius 3 is 2.22 bits per heavy atom. The van der Waals surface area contributed by atoms with E-state index >= 15 is 0 Å². The molecule has 0 saturated carbocycles. The second kappa shape index (κ2) is 6.82. The SMILES string of the molecule is COc1ccc(-c2c(Cl)ccc3c(O)c(-c4ccccc4)c(=O)[nH]c23)cc1. The van der Waals surface area contributed by atoms with E-state index in [2.05, 4.69) is 4.98 Å². The molecule has 134 valence electrons. The van der Waals surface area contributed by atoms with Crippen LogP contribution >= 0.6 is 11.6 Å². The number of fused-ring (bicyclic) bond motifs is 1. The smallest absolute Gasteiger partial charge is 0.260 e. The molecule has 0 aliphatic heterocycles. The Kier molecular flexibility index (Phi) is 4.34. The highest BCUT2D eigenvalue weighted by Crippen LogP contribution is 2.39. The monoisotopic (exact) mass is 377 g/mol. The number of halogens is 1. The van der Waals surface area contributed by atoms with Crippen molar-refractivity contribution in [3.8, 4) is 33.8 Å². The van der Waals surface area contributed by atoms with Crippen LogP contribution in [0.4, 0.5) is 0 Å². The Bertz CT molecular complexity index is 1180. The standard InChI is InChI=1S/C22H16ClNO3/c1-27-15-9-7-14(8-10-15)18-17(23)12-11-16-20(18)24-22(26)19(21(16)25)13-5-3-2-4-6-13/h2-12H,1H3,(H2,24,25,26). The number of ether oxygens (including phenoxy) is 1. The lowest BCUT2D eigenvalue weighted by molar-refractivity contribution is 0.415. The molecule has 3 aromatic carbocycles. The lowest BCUT2D eigenvalue weighted by atomic mass is 9.98. The summed E-state index contributed by atoms with van der Waals surface area (Å²) >= 11 is 6.44. The van der Waals surface area contributed by atoms with E-state index < -0.39 is 0 Å². The minimum Gasteiger partial charge on any atom is -0.506 e. The highest BCUT2D eigenvalue weighted by Gasteiger charge is 2.18. The predicted octanol–water partition coefficient (Wildman–Crippen LogP) is 5.23. The number of hydrogen-bond acceptors (Lipinski definition) is 3. The van der Waals surface area contributed by atoms with Crippen molar-refractivity contribution in [3.63, 3.8) is 0 Å². The number of hydrogen-bond donors (Lipinski definition) is 2. The molecular formula is C22H16ClNO3. The normalized spacial score (nSPS) is 10.9. The molecule has 1 heterocycles. The molecule has 0 aliphatic carbocycles. The van der Waals surface area contributed by atoms with E-state index in [0.29, 0.717) is 27.1 Å². The first-order valence-corrected chi connectivity index (χ1v) is 8.75. The van der Waals surface area contributed by atoms with Gasteiger partial charge in [-0.25, -0.2) is 0 Å². The zero-order chi connectivity index (χ0) is 19.0. The molecule has 0 saturated heterocycles. The van der Waals surface area contributed by atoms with Gasteiger partial charge < -0.3 is 14.8 Å². The van der Waals surface area contributed by atoms with Crippen LogP contribution in [0, 0.1) is 0 Å². The van der Waals surface area contributed by atoms with Crippen molar-refractivity contribution in [2.45, 2.75) is 0 Å². The highest BCUT2D eigenvalue weighted by atomic mass is 35.5. The fraction of sp³-hybridized carbons (Fsp3) is 0.0455. The Morgan fingerprint density at radius 1 is 0.889 bits per heavy atom. The summed E-state index contributed by atoms with van der Waals surface area (Å²) in [6, 6.07) is 19.9. The number of aromatic hydroxyl groups is 1. The van der Waals surface area contributed by atoms with Gasteiger partial charge in [-0.2, -0.15) is 0 Å². The van der Waals surface area contributed by atoms with Gasteiger partial charge in [0.1, 0.15) is 11.5 Å². The van der Waals surface area contributed by atoms with Crippen LogP contribution in [0.2, 0.25) is 5.02 Å². The van der Waals surface area contributed by atoms with Crippen molar-refractivity contribution in [2.24, 2.45) is 0 Å². The summed E-state index contributed by atoms with van der Waals surface area (Å²) in [5, 5.41) is 11.9. The minimum atomic E-state index is -0.372. The molecule has 2 N–H and O–H groups in total. The number of nitrogens with one attached hydrogen (secondary N) is 1. The van der Waals surface area contributed by atoms with Crippen LogP contribution in [0.25, 0.3) is 33.2 Å². The van der Waals surface area contributed by atoms with Gasteiger partial charge >= 0.3 is 0 Å². The molecule has 0 fully saturated rings. The van der Waals surface area contributed by atoms with E-state index in [0.717, 1.165) is 11.3 Å². The van der Waals surface area contributed by atoms with Crippen molar-refractivity contribution in [1.29, 1.82) is 0 Å². The van der Waals surface area contributed by atoms with Gasteiger partial charge in [0.2, 0.25) is 0 Å². The molecule has 27 heavy (non-hydrogen) atoms. The summed E-state index contributed by atoms with van der Waals surface area (Å²) < 4.78 is 5.19. The fourth-order valence-electron chi connectivity index (χ4n) is 3.24. The minimum absolute atomic E-state index is 0.0635. The third-order valence-corrected chi connectivity index (χ3v) is 4.87. The molecule has 0 radical (unpaired) electrons. The molecule has 1 aromatic heterocycles. The first-order chi connectivity index (χ1) is 13.1. The van der Waals surface area contributed by atoms with Gasteiger partial charge in [0, 0.05) is 10.9 Å². The molecule has 0 amide bonds. The molecule has 5 heteroatoms. The number of aromatic amines is 1. The van der Waals surface area contributed by atoms with Crippen LogP contribution in [-0.4, -0.2) is 17.2 Å². The Balaban J connectivity index is 2.01. The van der Waals surface area contributed by atoms with Crippen LogP contribution in [0.5, 0.6) is 11.5 Å². The van der Waals surface area contributed by atoms with E-state index in [1.165, 1.54) is 0 Å². The van der Waals surface area contributed by atoms with Gasteiger partial charge in [0.05, 0.1) is 23.2 Å². The van der Waals surface area contributed by atoms with E-state index in [4.69, 9.17) is 16.3 Å². The average molecular weight is 378 g/mol. The molecule has 0 atom stereocenters. The second-order valence-corrected chi connectivity index (χ2v) is 6.52. The molecule has 0 unspecified atom stereocenters. The third kappa shape index (κ3) is 2.94. The summed E-state index contributed by atoms with van der Waals surface area (Å²) in [6.45, 7) is 0. The summed E-state index contributed by atoms with van der Waals surface area (Å²) in [4.78, 5) is 15.7. The zero-order valence-electron chi connectivity index (χ0n) is 14.5. The number of benzene rings is 3. The molecule has 0 spiro atoms. The molecule has 4 rings (SSSR count). The molecule has 0 bridgehead atoms. The van der Waals surface area contributed by atoms with Gasteiger partial charge in [0.15, 0.2) is 0 Å². The van der Waals surface area contributed by atoms with E-state index in [9.17, 15) is 9.90 Å². The van der Waals surface area contributed by atoms with Crippen molar-refractivity contribution in [1.82, 2.24) is 4.98 Å². The van der Waals surface area contributed by atoms with Gasteiger partial charge in [-0.1, -0.05) is 54.1 Å². The van der Waals surface area contributed by atoms with Crippen LogP contribution in [0.3, 0.4) is 0 Å². The third-order valence-electron chi connectivity index (χ3n) is 4.55. The maximum atomic E-state index is 12.8. The number of H-pyrrole nitrogens is 1. The first-order valence-electron chi connectivity index (χ1n) is 8.37. The van der Waals surface area contributed by atoms with E-state index in [1.807, 2.05) is 42.5 Å². The second-order valence-electron chi connectivity index (χ2n) is 6.12. The van der Waals surface area contributed by atoms with Crippen molar-refractivity contribution in [2.75, 3.05) is 7.11 Å². The van der Waals surface area contributed by atoms with E-state index in [1.54, 1.807) is 31.4 Å². The van der Waals surface area contributed by atoms with Crippen molar-refractivity contribution >= 4 is 22.5 Å². The summed E-state index contributed by atoms with van der Waals surface area (Å²) in [7, 11) is 1.60. The molecular weight excluding hydrogens is 362 g/mol. The summed E-state index contributed by atoms with van der Waals surface area (Å²) in [5.41, 5.74) is 2.49. The van der Waals surface area contributed by atoms with Crippen molar-refractivity contribution < 1.29 is 9.84 Å². The number of rotatable bonds is 3. The summed E-state index contributed by atoms with van der Waals surface area (Å²) in [5.74, 6) is 0.657. The number of methoxy groups -OCH3 is 1. The number of pyridine rings is 1. The topological polar surface area (TPSA) is 62.3 Å². The Labute approximate surface area is 160 Å². The average Bonchev–Trinajstić information content (AvgIpc) is 2.69. The quantitative estimate of drug-likeness (QED) is 0.514. The fourth-order valence-corrected chi connectivity index (χ4v) is 3.50. The zero-order valence-corrected chi connectivity index (χ0v) is 15.2. The molecule has 4 aromatic rings. The van der Waals surface area contributed by atoms with Gasteiger partial charge in [-0.3, -0.25) is 4.79 Å². The maximum Gasteiger partial charge on any atom is 0.260 e. The van der Waals surface area contributed by atoms with Gasteiger partial charge in [-0.05, 0) is 35.4 Å². The lowest BCUT2D eigenvalue weighted by Gasteiger charge is -2.13.